The summed E-state index contributed by atoms with van der Waals surface area (Å²) in [7, 11) is 0. The van der Waals surface area contributed by atoms with Gasteiger partial charge >= 0.3 is 0 Å². The summed E-state index contributed by atoms with van der Waals surface area (Å²) in [5.41, 5.74) is 12.2. The number of allylic oxidation sites excluding steroid dienone is 7. The zero-order chi connectivity index (χ0) is 34.4. The Bertz CT molecular complexity index is 2740. The number of hydrogen-bond donors (Lipinski definition) is 0. The summed E-state index contributed by atoms with van der Waals surface area (Å²) < 4.78 is 6.83. The van der Waals surface area contributed by atoms with Crippen molar-refractivity contribution in [1.29, 1.82) is 0 Å². The Balaban J connectivity index is 1.11. The smallest absolute Gasteiger partial charge is 0.143 e. The Morgan fingerprint density at radius 1 is 0.423 bits per heavy atom. The molecule has 2 nitrogen and oxygen atoms in total. The lowest BCUT2D eigenvalue weighted by molar-refractivity contribution is 0.612. The van der Waals surface area contributed by atoms with E-state index in [1.807, 2.05) is 0 Å². The summed E-state index contributed by atoms with van der Waals surface area (Å²) in [4.78, 5) is 2.44. The molecule has 10 rings (SSSR count). The van der Waals surface area contributed by atoms with E-state index >= 15 is 0 Å². The maximum atomic E-state index is 6.83. The Morgan fingerprint density at radius 2 is 1.02 bits per heavy atom. The molecule has 0 N–H and O–H groups in total. The van der Waals surface area contributed by atoms with Crippen molar-refractivity contribution in [3.63, 3.8) is 0 Å². The van der Waals surface area contributed by atoms with Gasteiger partial charge in [0.05, 0.1) is 0 Å². The predicted octanol–water partition coefficient (Wildman–Crippen LogP) is 13.7. The lowest BCUT2D eigenvalue weighted by Gasteiger charge is -2.36. The number of benzene rings is 7. The first-order chi connectivity index (χ1) is 25.8. The number of rotatable bonds is 6. The SMILES string of the molecule is C1=CC2C=CC=C(N(c3ccc(-c4cccc5ccccc45)cc3)c3cccc(-c4cccc5c4oc4c(-c6ccccc6)cccc45)c3)C2C=C1. The molecule has 8 aromatic rings. The molecule has 2 aliphatic carbocycles. The van der Waals surface area contributed by atoms with Crippen LogP contribution in [0.4, 0.5) is 11.4 Å². The fourth-order valence-corrected chi connectivity index (χ4v) is 8.14. The molecular weight excluding hydrogens is 631 g/mol. The van der Waals surface area contributed by atoms with Gasteiger partial charge in [-0.1, -0.05) is 170 Å². The molecule has 2 heteroatoms. The molecule has 52 heavy (non-hydrogen) atoms. The molecule has 0 bridgehead atoms. The fraction of sp³-hybridized carbons (Fsp3) is 0.0400. The molecule has 0 saturated heterocycles. The van der Waals surface area contributed by atoms with Crippen molar-refractivity contribution in [2.45, 2.75) is 0 Å². The van der Waals surface area contributed by atoms with E-state index in [1.165, 1.54) is 27.6 Å². The average molecular weight is 666 g/mol. The third kappa shape index (κ3) is 5.11. The zero-order valence-electron chi connectivity index (χ0n) is 28.6. The second kappa shape index (κ2) is 12.6. The van der Waals surface area contributed by atoms with Crippen LogP contribution >= 0.6 is 0 Å². The van der Waals surface area contributed by atoms with E-state index in [9.17, 15) is 0 Å². The lowest BCUT2D eigenvalue weighted by Crippen LogP contribution is -2.27. The Kier molecular flexibility index (Phi) is 7.32. The van der Waals surface area contributed by atoms with Gasteiger partial charge in [-0.15, -0.1) is 0 Å². The van der Waals surface area contributed by atoms with Gasteiger partial charge in [0.25, 0.3) is 0 Å². The van der Waals surface area contributed by atoms with Gasteiger partial charge in [0, 0.05) is 50.8 Å². The Hall–Kier alpha value is -6.64. The van der Waals surface area contributed by atoms with Gasteiger partial charge in [-0.05, 0) is 63.4 Å². The minimum Gasteiger partial charge on any atom is -0.455 e. The predicted molar refractivity (Wildman–Crippen MR) is 219 cm³/mol. The molecule has 0 aliphatic heterocycles. The minimum atomic E-state index is 0.228. The van der Waals surface area contributed by atoms with Crippen molar-refractivity contribution >= 4 is 44.1 Å². The van der Waals surface area contributed by atoms with Crippen LogP contribution in [0, 0.1) is 11.8 Å². The van der Waals surface area contributed by atoms with E-state index in [4.69, 9.17) is 4.42 Å². The van der Waals surface area contributed by atoms with E-state index in [0.717, 1.165) is 55.6 Å². The van der Waals surface area contributed by atoms with Crippen LogP contribution in [0.5, 0.6) is 0 Å². The molecule has 0 saturated carbocycles. The van der Waals surface area contributed by atoms with Gasteiger partial charge in [0.1, 0.15) is 11.2 Å². The van der Waals surface area contributed by atoms with Crippen molar-refractivity contribution in [1.82, 2.24) is 0 Å². The van der Waals surface area contributed by atoms with E-state index in [-0.39, 0.29) is 5.92 Å². The summed E-state index contributed by atoms with van der Waals surface area (Å²) in [6.07, 6.45) is 15.8. The number of hydrogen-bond acceptors (Lipinski definition) is 2. The van der Waals surface area contributed by atoms with E-state index in [1.54, 1.807) is 0 Å². The summed E-state index contributed by atoms with van der Waals surface area (Å²) in [6, 6.07) is 56.6. The first kappa shape index (κ1) is 30.2. The van der Waals surface area contributed by atoms with Gasteiger partial charge in [0.15, 0.2) is 0 Å². The summed E-state index contributed by atoms with van der Waals surface area (Å²) in [5.74, 6) is 0.542. The highest BCUT2D eigenvalue weighted by Gasteiger charge is 2.29. The summed E-state index contributed by atoms with van der Waals surface area (Å²) in [6.45, 7) is 0. The molecule has 1 aromatic heterocycles. The van der Waals surface area contributed by atoms with Gasteiger partial charge in [-0.2, -0.15) is 0 Å². The van der Waals surface area contributed by atoms with Gasteiger partial charge < -0.3 is 9.32 Å². The van der Waals surface area contributed by atoms with Crippen molar-refractivity contribution in [2.24, 2.45) is 11.8 Å². The van der Waals surface area contributed by atoms with E-state index in [2.05, 4.69) is 205 Å². The number of nitrogens with zero attached hydrogens (tertiary/aromatic N) is 1. The maximum Gasteiger partial charge on any atom is 0.143 e. The molecule has 246 valence electrons. The highest BCUT2D eigenvalue weighted by Crippen LogP contribution is 2.44. The highest BCUT2D eigenvalue weighted by atomic mass is 16.3. The van der Waals surface area contributed by atoms with Crippen molar-refractivity contribution in [2.75, 3.05) is 4.90 Å². The molecule has 0 spiro atoms. The van der Waals surface area contributed by atoms with Crippen LogP contribution < -0.4 is 4.90 Å². The quantitative estimate of drug-likeness (QED) is 0.176. The highest BCUT2D eigenvalue weighted by molar-refractivity contribution is 6.13. The first-order valence-corrected chi connectivity index (χ1v) is 18.0. The second-order valence-corrected chi connectivity index (χ2v) is 13.6. The van der Waals surface area contributed by atoms with Gasteiger partial charge in [-0.25, -0.2) is 0 Å². The number of fused-ring (bicyclic) bond motifs is 5. The van der Waals surface area contributed by atoms with Crippen molar-refractivity contribution < 1.29 is 4.42 Å². The third-order valence-electron chi connectivity index (χ3n) is 10.6. The summed E-state index contributed by atoms with van der Waals surface area (Å²) in [5, 5.41) is 4.77. The summed E-state index contributed by atoms with van der Waals surface area (Å²) >= 11 is 0. The minimum absolute atomic E-state index is 0.228. The molecule has 2 atom stereocenters. The molecule has 2 aliphatic rings. The zero-order valence-corrected chi connectivity index (χ0v) is 28.6. The van der Waals surface area contributed by atoms with E-state index in [0.29, 0.717) is 5.92 Å². The Labute approximate surface area is 303 Å². The molecule has 7 aromatic carbocycles. The average Bonchev–Trinajstić information content (AvgIpc) is 3.61. The fourth-order valence-electron chi connectivity index (χ4n) is 8.14. The first-order valence-electron chi connectivity index (χ1n) is 18.0. The maximum absolute atomic E-state index is 6.83. The standard InChI is InChI=1S/C50H35NO/c1-2-13-36(14-3-1)44-24-11-26-46-47-27-12-25-45(50(47)52-49(44)46)38-19-8-20-40(33-38)51(48-28-10-18-35-16-5-7-22-43(35)48)39-31-29-37(30-32-39)42-23-9-17-34-15-4-6-21-41(34)42/h1-33,35,43H. The van der Waals surface area contributed by atoms with Crippen LogP contribution in [-0.2, 0) is 0 Å². The molecule has 0 radical (unpaired) electrons. The molecular formula is C50H35NO. The molecule has 1 heterocycles. The Morgan fingerprint density at radius 3 is 1.85 bits per heavy atom. The second-order valence-electron chi connectivity index (χ2n) is 13.6. The largest absolute Gasteiger partial charge is 0.455 e. The van der Waals surface area contributed by atoms with Crippen LogP contribution in [0.25, 0.3) is 66.1 Å². The number of anilines is 2. The molecule has 2 unspecified atom stereocenters. The number of para-hydroxylation sites is 2. The molecule has 0 fully saturated rings. The topological polar surface area (TPSA) is 16.4 Å². The van der Waals surface area contributed by atoms with Gasteiger partial charge in [0.2, 0.25) is 0 Å². The van der Waals surface area contributed by atoms with Crippen LogP contribution in [0.1, 0.15) is 0 Å². The van der Waals surface area contributed by atoms with Crippen molar-refractivity contribution in [3.8, 4) is 33.4 Å². The van der Waals surface area contributed by atoms with Gasteiger partial charge in [-0.3, -0.25) is 0 Å². The van der Waals surface area contributed by atoms with E-state index < -0.39 is 0 Å². The van der Waals surface area contributed by atoms with Crippen LogP contribution in [0.2, 0.25) is 0 Å². The third-order valence-corrected chi connectivity index (χ3v) is 10.6. The van der Waals surface area contributed by atoms with Crippen LogP contribution in [0.15, 0.2) is 210 Å². The number of furan rings is 1. The monoisotopic (exact) mass is 665 g/mol. The van der Waals surface area contributed by atoms with Crippen LogP contribution in [-0.4, -0.2) is 0 Å². The molecule has 0 amide bonds. The lowest BCUT2D eigenvalue weighted by atomic mass is 9.82. The normalized spacial score (nSPS) is 16.3. The van der Waals surface area contributed by atoms with Crippen molar-refractivity contribution in [3.05, 3.63) is 206 Å². The van der Waals surface area contributed by atoms with Crippen LogP contribution in [0.3, 0.4) is 0 Å².